The van der Waals surface area contributed by atoms with Gasteiger partial charge in [-0.1, -0.05) is 13.8 Å². The van der Waals surface area contributed by atoms with Gasteiger partial charge < -0.3 is 9.47 Å². The zero-order chi connectivity index (χ0) is 13.5. The van der Waals surface area contributed by atoms with Gasteiger partial charge in [0.2, 0.25) is 0 Å². The summed E-state index contributed by atoms with van der Waals surface area (Å²) in [6, 6.07) is 0. The van der Waals surface area contributed by atoms with Crippen LogP contribution >= 0.6 is 0 Å². The Balaban J connectivity index is 1.81. The summed E-state index contributed by atoms with van der Waals surface area (Å²) in [6.45, 7) is 4.01. The largest absolute Gasteiger partial charge is 0.456 e. The molecule has 2 heterocycles. The van der Waals surface area contributed by atoms with Gasteiger partial charge in [-0.15, -0.1) is 0 Å². The molecule has 3 fully saturated rings. The van der Waals surface area contributed by atoms with Crippen LogP contribution in [0.2, 0.25) is 0 Å². The molecule has 0 aromatic heterocycles. The fourth-order valence-electron chi connectivity index (χ4n) is 4.23. The minimum atomic E-state index is -0.307. The van der Waals surface area contributed by atoms with Gasteiger partial charge >= 0.3 is 5.97 Å². The lowest BCUT2D eigenvalue weighted by Crippen LogP contribution is -2.54. The van der Waals surface area contributed by atoms with Crippen LogP contribution in [0.3, 0.4) is 0 Å². The lowest BCUT2D eigenvalue weighted by Gasteiger charge is -2.43. The molecule has 0 radical (unpaired) electrons. The molecule has 2 bridgehead atoms. The topological polar surface area (TPSA) is 35.5 Å². The number of carbonyl (C=O) groups excluding carboxylic acids is 1. The Hall–Kier alpha value is -0.570. The Kier molecular flexibility index (Phi) is 3.36. The van der Waals surface area contributed by atoms with Gasteiger partial charge in [0.25, 0.3) is 0 Å². The molecule has 108 valence electrons. The summed E-state index contributed by atoms with van der Waals surface area (Å²) in [5.41, 5.74) is -0.448. The minimum absolute atomic E-state index is 0.00692. The molecule has 0 aromatic rings. The maximum absolute atomic E-state index is 12.3. The molecule has 3 aliphatic rings. The Bertz CT molecular complexity index is 349. The van der Waals surface area contributed by atoms with E-state index >= 15 is 0 Å². The summed E-state index contributed by atoms with van der Waals surface area (Å²) in [6.07, 6.45) is 10.1. The number of ether oxygens (including phenoxy) is 2. The zero-order valence-corrected chi connectivity index (χ0v) is 12.2. The highest BCUT2D eigenvalue weighted by Gasteiger charge is 2.62. The molecule has 0 aromatic carbocycles. The molecule has 1 saturated carbocycles. The van der Waals surface area contributed by atoms with Crippen LogP contribution in [0, 0.1) is 5.92 Å². The first kappa shape index (κ1) is 13.4. The number of fused-ring (bicyclic) bond motifs is 2. The van der Waals surface area contributed by atoms with Crippen molar-refractivity contribution in [3.63, 3.8) is 0 Å². The molecule has 0 N–H and O–H groups in total. The first-order valence-corrected chi connectivity index (χ1v) is 8.01. The molecule has 3 heteroatoms. The molecule has 3 rings (SSSR count). The average molecular weight is 266 g/mol. The van der Waals surface area contributed by atoms with E-state index in [9.17, 15) is 4.79 Å². The second-order valence-corrected chi connectivity index (χ2v) is 6.74. The molecule has 1 atom stereocenters. The van der Waals surface area contributed by atoms with Gasteiger partial charge in [-0.3, -0.25) is 4.79 Å². The van der Waals surface area contributed by atoms with Crippen LogP contribution in [0.4, 0.5) is 0 Å². The van der Waals surface area contributed by atoms with Crippen molar-refractivity contribution in [2.75, 3.05) is 0 Å². The standard InChI is InChI=1S/C16H26O3/c1-3-12(2)14(17)19-15(8-4-5-9-15)16-10-6-13(18-16)7-11-16/h12-13H,3-11H2,1-2H3. The lowest BCUT2D eigenvalue weighted by atomic mass is 9.74. The Morgan fingerprint density at radius 2 is 1.89 bits per heavy atom. The van der Waals surface area contributed by atoms with Gasteiger partial charge in [0, 0.05) is 0 Å². The molecular weight excluding hydrogens is 240 g/mol. The third kappa shape index (κ3) is 2.01. The summed E-state index contributed by atoms with van der Waals surface area (Å²) in [4.78, 5) is 12.3. The van der Waals surface area contributed by atoms with E-state index in [1.807, 2.05) is 13.8 Å². The molecule has 2 aliphatic heterocycles. The fourth-order valence-corrected chi connectivity index (χ4v) is 4.23. The van der Waals surface area contributed by atoms with E-state index in [1.165, 1.54) is 12.8 Å². The Morgan fingerprint density at radius 1 is 1.26 bits per heavy atom. The van der Waals surface area contributed by atoms with Gasteiger partial charge in [0.05, 0.1) is 12.0 Å². The van der Waals surface area contributed by atoms with Crippen molar-refractivity contribution < 1.29 is 14.3 Å². The number of hydrogen-bond acceptors (Lipinski definition) is 3. The van der Waals surface area contributed by atoms with Crippen LogP contribution in [0.1, 0.15) is 71.6 Å². The molecule has 0 spiro atoms. The number of carbonyl (C=O) groups is 1. The minimum Gasteiger partial charge on any atom is -0.456 e. The van der Waals surface area contributed by atoms with Crippen LogP contribution in [-0.2, 0) is 14.3 Å². The van der Waals surface area contributed by atoms with Gasteiger partial charge in [-0.05, 0) is 57.8 Å². The van der Waals surface area contributed by atoms with Gasteiger partial charge in [-0.25, -0.2) is 0 Å². The highest BCUT2D eigenvalue weighted by molar-refractivity contribution is 5.72. The third-order valence-corrected chi connectivity index (χ3v) is 5.68. The van der Waals surface area contributed by atoms with Crippen molar-refractivity contribution in [2.24, 2.45) is 5.92 Å². The maximum Gasteiger partial charge on any atom is 0.309 e. The van der Waals surface area contributed by atoms with E-state index in [-0.39, 0.29) is 23.1 Å². The number of esters is 1. The number of rotatable bonds is 4. The summed E-state index contributed by atoms with van der Waals surface area (Å²) >= 11 is 0. The van der Waals surface area contributed by atoms with Crippen molar-refractivity contribution in [1.82, 2.24) is 0 Å². The zero-order valence-electron chi connectivity index (χ0n) is 12.2. The van der Waals surface area contributed by atoms with Gasteiger partial charge in [-0.2, -0.15) is 0 Å². The fraction of sp³-hybridized carbons (Fsp3) is 0.938. The summed E-state index contributed by atoms with van der Waals surface area (Å²) < 4.78 is 12.4. The molecule has 19 heavy (non-hydrogen) atoms. The van der Waals surface area contributed by atoms with Crippen LogP contribution in [0.25, 0.3) is 0 Å². The first-order valence-electron chi connectivity index (χ1n) is 8.01. The van der Waals surface area contributed by atoms with Crippen molar-refractivity contribution in [2.45, 2.75) is 88.9 Å². The van der Waals surface area contributed by atoms with Gasteiger partial charge in [0.1, 0.15) is 11.2 Å². The molecule has 1 unspecified atom stereocenters. The first-order chi connectivity index (χ1) is 9.11. The summed E-state index contributed by atoms with van der Waals surface area (Å²) in [5, 5.41) is 0. The van der Waals surface area contributed by atoms with Crippen molar-refractivity contribution in [3.05, 3.63) is 0 Å². The van der Waals surface area contributed by atoms with E-state index in [2.05, 4.69) is 0 Å². The van der Waals surface area contributed by atoms with Crippen LogP contribution in [0.15, 0.2) is 0 Å². The smallest absolute Gasteiger partial charge is 0.309 e. The monoisotopic (exact) mass is 266 g/mol. The van der Waals surface area contributed by atoms with Crippen molar-refractivity contribution in [3.8, 4) is 0 Å². The van der Waals surface area contributed by atoms with E-state index in [4.69, 9.17) is 9.47 Å². The highest BCUT2D eigenvalue weighted by atomic mass is 16.6. The van der Waals surface area contributed by atoms with Crippen LogP contribution in [-0.4, -0.2) is 23.3 Å². The van der Waals surface area contributed by atoms with Crippen LogP contribution in [0.5, 0.6) is 0 Å². The molecule has 3 nitrogen and oxygen atoms in total. The second kappa shape index (κ2) is 4.76. The van der Waals surface area contributed by atoms with Crippen molar-refractivity contribution >= 4 is 5.97 Å². The normalized spacial score (nSPS) is 37.5. The summed E-state index contributed by atoms with van der Waals surface area (Å²) in [7, 11) is 0. The SMILES string of the molecule is CCC(C)C(=O)OC1(C23CCC(CC2)O3)CCCC1. The number of hydrogen-bond donors (Lipinski definition) is 0. The molecule has 1 aliphatic carbocycles. The molecule has 0 amide bonds. The van der Waals surface area contributed by atoms with E-state index < -0.39 is 0 Å². The second-order valence-electron chi connectivity index (χ2n) is 6.74. The Morgan fingerprint density at radius 3 is 2.37 bits per heavy atom. The molecule has 2 saturated heterocycles. The third-order valence-electron chi connectivity index (χ3n) is 5.68. The molecular formula is C16H26O3. The van der Waals surface area contributed by atoms with E-state index in [0.717, 1.165) is 44.9 Å². The van der Waals surface area contributed by atoms with E-state index in [0.29, 0.717) is 6.10 Å². The summed E-state index contributed by atoms with van der Waals surface area (Å²) in [5.74, 6) is -0.00907. The predicted molar refractivity (Wildman–Crippen MR) is 72.8 cm³/mol. The van der Waals surface area contributed by atoms with Crippen molar-refractivity contribution in [1.29, 1.82) is 0 Å². The highest BCUT2D eigenvalue weighted by Crippen LogP contribution is 2.56. The van der Waals surface area contributed by atoms with Crippen LogP contribution < -0.4 is 0 Å². The van der Waals surface area contributed by atoms with E-state index in [1.54, 1.807) is 0 Å². The average Bonchev–Trinajstić information content (AvgIpc) is 3.13. The Labute approximate surface area is 116 Å². The quantitative estimate of drug-likeness (QED) is 0.729. The predicted octanol–water partition coefficient (Wildman–Crippen LogP) is 3.60. The maximum atomic E-state index is 12.3. The van der Waals surface area contributed by atoms with Gasteiger partial charge in [0.15, 0.2) is 0 Å². The lowest BCUT2D eigenvalue weighted by molar-refractivity contribution is -0.198.